The van der Waals surface area contributed by atoms with E-state index in [0.717, 1.165) is 18.4 Å². The number of hydrogen-bond acceptors (Lipinski definition) is 3. The van der Waals surface area contributed by atoms with Crippen LogP contribution in [0.1, 0.15) is 38.2 Å². The van der Waals surface area contributed by atoms with E-state index in [1.54, 1.807) is 18.3 Å². The molecule has 0 saturated heterocycles. The number of aromatic hydroxyl groups is 1. The van der Waals surface area contributed by atoms with Crippen molar-refractivity contribution in [3.05, 3.63) is 26.6 Å². The minimum Gasteiger partial charge on any atom is -0.506 e. The fraction of sp³-hybridized carbons (Fsp3) is 0.500. The van der Waals surface area contributed by atoms with Crippen molar-refractivity contribution >= 4 is 44.0 Å². The minimum absolute atomic E-state index is 0.0301. The Morgan fingerprint density at radius 1 is 1.41 bits per heavy atom. The van der Waals surface area contributed by atoms with Crippen molar-refractivity contribution in [1.29, 1.82) is 0 Å². The molecular weight excluding hydrogens is 412 g/mol. The smallest absolute Gasteiger partial charge is 0.244 e. The molecule has 4 nitrogen and oxygen atoms in total. The molecule has 1 amide bonds. The molecule has 2 saturated carbocycles. The first kappa shape index (κ1) is 16.0. The normalized spacial score (nSPS) is 30.1. The number of amides is 1. The number of rotatable bonds is 3. The van der Waals surface area contributed by atoms with Crippen molar-refractivity contribution in [2.75, 3.05) is 0 Å². The second-order valence-corrected chi connectivity index (χ2v) is 8.11. The van der Waals surface area contributed by atoms with Crippen LogP contribution in [-0.4, -0.2) is 17.2 Å². The maximum absolute atomic E-state index is 12.3. The van der Waals surface area contributed by atoms with Crippen LogP contribution in [0.15, 0.2) is 26.2 Å². The Morgan fingerprint density at radius 3 is 2.68 bits per heavy atom. The van der Waals surface area contributed by atoms with Gasteiger partial charge in [0, 0.05) is 5.92 Å². The molecule has 2 aliphatic carbocycles. The fourth-order valence-corrected chi connectivity index (χ4v) is 4.97. The van der Waals surface area contributed by atoms with Crippen LogP contribution in [0.3, 0.4) is 0 Å². The molecule has 0 aliphatic heterocycles. The summed E-state index contributed by atoms with van der Waals surface area (Å²) in [4.78, 5) is 12.3. The topological polar surface area (TPSA) is 61.7 Å². The fourth-order valence-electron chi connectivity index (χ4n) is 3.75. The Bertz CT molecular complexity index is 624. The second kappa shape index (κ2) is 5.96. The number of halogens is 2. The van der Waals surface area contributed by atoms with E-state index >= 15 is 0 Å². The van der Waals surface area contributed by atoms with Crippen LogP contribution in [0.2, 0.25) is 0 Å². The Hall–Kier alpha value is -0.880. The first-order chi connectivity index (χ1) is 10.4. The number of carbonyl (C=O) groups excluding carboxylic acids is 1. The molecule has 0 spiro atoms. The average Bonchev–Trinajstić information content (AvgIpc) is 3.10. The van der Waals surface area contributed by atoms with Gasteiger partial charge in [-0.1, -0.05) is 19.8 Å². The number of carbonyl (C=O) groups is 1. The van der Waals surface area contributed by atoms with E-state index in [1.165, 1.54) is 12.8 Å². The van der Waals surface area contributed by atoms with Gasteiger partial charge in [-0.2, -0.15) is 5.10 Å². The van der Waals surface area contributed by atoms with Crippen LogP contribution in [-0.2, 0) is 4.79 Å². The van der Waals surface area contributed by atoms with Crippen molar-refractivity contribution in [2.45, 2.75) is 32.6 Å². The number of nitrogens with one attached hydrogen (secondary N) is 1. The van der Waals surface area contributed by atoms with Crippen molar-refractivity contribution in [3.8, 4) is 5.75 Å². The third-order valence-electron chi connectivity index (χ3n) is 5.04. The Labute approximate surface area is 146 Å². The minimum atomic E-state index is 0.0301. The predicted molar refractivity (Wildman–Crippen MR) is 92.8 cm³/mol. The van der Waals surface area contributed by atoms with E-state index in [1.807, 2.05) is 0 Å². The van der Waals surface area contributed by atoms with Crippen molar-refractivity contribution < 1.29 is 9.90 Å². The average molecular weight is 430 g/mol. The lowest BCUT2D eigenvalue weighted by atomic mass is 9.90. The van der Waals surface area contributed by atoms with Crippen molar-refractivity contribution in [2.24, 2.45) is 22.4 Å². The monoisotopic (exact) mass is 428 g/mol. The Morgan fingerprint density at radius 2 is 2.09 bits per heavy atom. The molecule has 2 fully saturated rings. The maximum atomic E-state index is 12.3. The van der Waals surface area contributed by atoms with Gasteiger partial charge in [-0.15, -0.1) is 0 Å². The van der Waals surface area contributed by atoms with E-state index in [2.05, 4.69) is 49.3 Å². The highest BCUT2D eigenvalue weighted by molar-refractivity contribution is 9.11. The summed E-state index contributed by atoms with van der Waals surface area (Å²) in [6.07, 6.45) is 6.37. The molecule has 6 heteroatoms. The van der Waals surface area contributed by atoms with Gasteiger partial charge in [-0.3, -0.25) is 4.79 Å². The molecule has 0 aromatic heterocycles. The van der Waals surface area contributed by atoms with Gasteiger partial charge in [0.25, 0.3) is 0 Å². The van der Waals surface area contributed by atoms with E-state index in [-0.39, 0.29) is 23.0 Å². The van der Waals surface area contributed by atoms with Crippen molar-refractivity contribution in [1.82, 2.24) is 5.43 Å². The van der Waals surface area contributed by atoms with Gasteiger partial charge in [-0.25, -0.2) is 5.43 Å². The Kier molecular flexibility index (Phi) is 4.34. The third-order valence-corrected chi connectivity index (χ3v) is 6.25. The van der Waals surface area contributed by atoms with Gasteiger partial charge in [0.1, 0.15) is 5.75 Å². The maximum Gasteiger partial charge on any atom is 0.244 e. The molecule has 2 N–H and O–H groups in total. The van der Waals surface area contributed by atoms with Crippen molar-refractivity contribution in [3.63, 3.8) is 0 Å². The van der Waals surface area contributed by atoms with E-state index in [4.69, 9.17) is 0 Å². The van der Waals surface area contributed by atoms with Gasteiger partial charge in [0.15, 0.2) is 0 Å². The summed E-state index contributed by atoms with van der Waals surface area (Å²) in [5.74, 6) is 0.831. The highest BCUT2D eigenvalue weighted by Crippen LogP contribution is 2.66. The predicted octanol–water partition coefficient (Wildman–Crippen LogP) is 4.19. The van der Waals surface area contributed by atoms with Crippen LogP contribution in [0.4, 0.5) is 0 Å². The zero-order valence-electron chi connectivity index (χ0n) is 12.3. The van der Waals surface area contributed by atoms with Crippen LogP contribution in [0, 0.1) is 17.3 Å². The number of hydrazone groups is 1. The summed E-state index contributed by atoms with van der Waals surface area (Å²) in [6.45, 7) is 2.22. The van der Waals surface area contributed by atoms with Gasteiger partial charge in [0.05, 0.1) is 15.2 Å². The first-order valence-corrected chi connectivity index (χ1v) is 9.03. The lowest BCUT2D eigenvalue weighted by Crippen LogP contribution is -2.22. The zero-order valence-corrected chi connectivity index (χ0v) is 15.4. The quantitative estimate of drug-likeness (QED) is 0.558. The third kappa shape index (κ3) is 2.83. The molecule has 22 heavy (non-hydrogen) atoms. The van der Waals surface area contributed by atoms with Crippen LogP contribution >= 0.6 is 31.9 Å². The number of nitrogens with zero attached hydrogens (tertiary/aromatic N) is 1. The molecule has 1 aromatic carbocycles. The molecule has 1 aromatic rings. The van der Waals surface area contributed by atoms with E-state index < -0.39 is 0 Å². The van der Waals surface area contributed by atoms with Gasteiger partial charge in [-0.05, 0) is 73.7 Å². The van der Waals surface area contributed by atoms with E-state index in [9.17, 15) is 9.90 Å². The number of benzene rings is 1. The number of hydrogen-bond donors (Lipinski definition) is 2. The van der Waals surface area contributed by atoms with Gasteiger partial charge in [0.2, 0.25) is 5.91 Å². The molecule has 3 rings (SSSR count). The number of phenolic OH excluding ortho intramolecular Hbond substituents is 1. The Balaban J connectivity index is 1.62. The lowest BCUT2D eigenvalue weighted by Gasteiger charge is -2.15. The first-order valence-electron chi connectivity index (χ1n) is 7.44. The molecule has 0 bridgehead atoms. The number of fused-ring (bicyclic) bond motifs is 1. The van der Waals surface area contributed by atoms with Crippen LogP contribution in [0.5, 0.6) is 5.75 Å². The summed E-state index contributed by atoms with van der Waals surface area (Å²) in [5.41, 5.74) is 3.65. The molecule has 3 atom stereocenters. The molecule has 118 valence electrons. The molecular formula is C16H18Br2N2O2. The SMILES string of the molecule is C[C@@]12CCCC[C@@H]1[C@@H]2C(=O)N/N=C\c1cc(Br)c(O)c(Br)c1. The highest BCUT2D eigenvalue weighted by atomic mass is 79.9. The summed E-state index contributed by atoms with van der Waals surface area (Å²) < 4.78 is 1.16. The second-order valence-electron chi connectivity index (χ2n) is 6.40. The molecule has 0 unspecified atom stereocenters. The number of phenols is 1. The summed E-state index contributed by atoms with van der Waals surface area (Å²) >= 11 is 6.54. The standard InChI is InChI=1S/C16H18Br2N2O2/c1-16-5-3-2-4-10(16)13(16)15(22)20-19-8-9-6-11(17)14(21)12(18)7-9/h6-8,10,13,21H,2-5H2,1H3,(H,20,22)/b19-8-/t10-,13-,16-/m1/s1. The molecule has 2 aliphatic rings. The molecule has 0 heterocycles. The largest absolute Gasteiger partial charge is 0.506 e. The van der Waals surface area contributed by atoms with Crippen LogP contribution in [0.25, 0.3) is 0 Å². The summed E-state index contributed by atoms with van der Waals surface area (Å²) in [5, 5.41) is 13.7. The molecule has 0 radical (unpaired) electrons. The van der Waals surface area contributed by atoms with E-state index in [0.29, 0.717) is 14.9 Å². The lowest BCUT2D eigenvalue weighted by molar-refractivity contribution is -0.123. The van der Waals surface area contributed by atoms with Gasteiger partial charge >= 0.3 is 0 Å². The summed E-state index contributed by atoms with van der Waals surface area (Å²) in [7, 11) is 0. The van der Waals surface area contributed by atoms with Gasteiger partial charge < -0.3 is 5.11 Å². The highest BCUT2D eigenvalue weighted by Gasteiger charge is 2.64. The summed E-state index contributed by atoms with van der Waals surface area (Å²) in [6, 6.07) is 3.49. The zero-order chi connectivity index (χ0) is 15.9. The van der Waals surface area contributed by atoms with Crippen LogP contribution < -0.4 is 5.43 Å².